The monoisotopic (exact) mass is 374 g/mol. The molecule has 3 nitrogen and oxygen atoms in total. The molecule has 1 aliphatic rings. The summed E-state index contributed by atoms with van der Waals surface area (Å²) in [6.45, 7) is 2.28. The Morgan fingerprint density at radius 2 is 2.05 bits per heavy atom. The highest BCUT2D eigenvalue weighted by Gasteiger charge is 2.46. The fourth-order valence-electron chi connectivity index (χ4n) is 2.62. The Morgan fingerprint density at radius 1 is 1.32 bits per heavy atom. The van der Waals surface area contributed by atoms with Gasteiger partial charge in [-0.2, -0.15) is 0 Å². The fourth-order valence-corrected chi connectivity index (χ4v) is 2.98. The third kappa shape index (κ3) is 2.83. The minimum Gasteiger partial charge on any atom is -0.348 e. The summed E-state index contributed by atoms with van der Waals surface area (Å²) in [7, 11) is 0. The van der Waals surface area contributed by atoms with Crippen LogP contribution in [0.4, 0.5) is 13.2 Å². The van der Waals surface area contributed by atoms with Gasteiger partial charge in [-0.15, -0.1) is 0 Å². The Bertz CT molecular complexity index is 662. The topological polar surface area (TPSA) is 34.0 Å². The van der Waals surface area contributed by atoms with Gasteiger partial charge in [-0.3, -0.25) is 5.32 Å². The van der Waals surface area contributed by atoms with Crippen LogP contribution in [0.15, 0.2) is 41.0 Å². The van der Waals surface area contributed by atoms with Gasteiger partial charge in [-0.05, 0) is 30.3 Å². The maximum Gasteiger partial charge on any atom is 0.262 e. The first-order valence-corrected chi connectivity index (χ1v) is 7.24. The van der Waals surface area contributed by atoms with Crippen LogP contribution in [0.2, 0.25) is 0 Å². The average Bonchev–Trinajstić information content (AvgIpc) is 2.98. The molecule has 0 saturated heterocycles. The van der Waals surface area contributed by atoms with E-state index in [0.29, 0.717) is 4.47 Å². The SMILES string of the molecule is C=O.Fc1ccc(Br)cc1C1(C(F)F)Cn2cccc2CN1. The normalized spacial score (nSPS) is 20.2. The van der Waals surface area contributed by atoms with E-state index in [1.165, 1.54) is 18.2 Å². The summed E-state index contributed by atoms with van der Waals surface area (Å²) < 4.78 is 43.8. The highest BCUT2D eigenvalue weighted by Crippen LogP contribution is 2.36. The van der Waals surface area contributed by atoms with Crippen molar-refractivity contribution in [1.29, 1.82) is 0 Å². The molecule has 0 radical (unpaired) electrons. The van der Waals surface area contributed by atoms with Crippen molar-refractivity contribution in [3.05, 3.63) is 58.1 Å². The van der Waals surface area contributed by atoms with E-state index in [1.807, 2.05) is 12.9 Å². The molecule has 7 heteroatoms. The molecule has 1 aromatic heterocycles. The Morgan fingerprint density at radius 3 is 2.73 bits per heavy atom. The number of fused-ring (bicyclic) bond motifs is 1. The second-order valence-corrected chi connectivity index (χ2v) is 5.79. The van der Waals surface area contributed by atoms with Gasteiger partial charge in [-0.1, -0.05) is 15.9 Å². The number of hydrogen-bond acceptors (Lipinski definition) is 2. The molecule has 0 fully saturated rings. The third-order valence-electron chi connectivity index (χ3n) is 3.71. The van der Waals surface area contributed by atoms with Crippen LogP contribution in [-0.2, 0) is 23.4 Å². The largest absolute Gasteiger partial charge is 0.348 e. The molecule has 1 unspecified atom stereocenters. The predicted molar refractivity (Wildman–Crippen MR) is 80.2 cm³/mol. The molecule has 0 amide bonds. The van der Waals surface area contributed by atoms with Gasteiger partial charge in [0.25, 0.3) is 6.43 Å². The number of nitrogens with zero attached hydrogens (tertiary/aromatic N) is 1. The summed E-state index contributed by atoms with van der Waals surface area (Å²) in [5.74, 6) is -0.628. The van der Waals surface area contributed by atoms with E-state index < -0.39 is 17.8 Å². The second kappa shape index (κ2) is 6.66. The van der Waals surface area contributed by atoms with E-state index in [-0.39, 0.29) is 18.7 Å². The number of aromatic nitrogens is 1. The molecule has 2 aromatic rings. The van der Waals surface area contributed by atoms with Crippen molar-refractivity contribution in [2.24, 2.45) is 0 Å². The number of hydrogen-bond donors (Lipinski definition) is 1. The quantitative estimate of drug-likeness (QED) is 0.873. The molecule has 118 valence electrons. The van der Waals surface area contributed by atoms with Crippen LogP contribution in [-0.4, -0.2) is 17.8 Å². The molecule has 1 N–H and O–H groups in total. The molecule has 1 aromatic carbocycles. The van der Waals surface area contributed by atoms with Crippen LogP contribution in [0.3, 0.4) is 0 Å². The van der Waals surface area contributed by atoms with E-state index in [4.69, 9.17) is 4.79 Å². The van der Waals surface area contributed by atoms with Crippen molar-refractivity contribution in [3.8, 4) is 0 Å². The lowest BCUT2D eigenvalue weighted by atomic mass is 9.88. The van der Waals surface area contributed by atoms with Crippen molar-refractivity contribution in [2.75, 3.05) is 0 Å². The Balaban J connectivity index is 0.000000847. The molecule has 22 heavy (non-hydrogen) atoms. The number of benzene rings is 1. The minimum absolute atomic E-state index is 0.000370. The molecular formula is C15H14BrF3N2O. The Labute approximate surface area is 134 Å². The number of rotatable bonds is 2. The number of alkyl halides is 2. The van der Waals surface area contributed by atoms with E-state index >= 15 is 0 Å². The number of carbonyl (C=O) groups is 1. The van der Waals surface area contributed by atoms with Gasteiger partial charge in [0.15, 0.2) is 0 Å². The molecule has 3 rings (SSSR count). The van der Waals surface area contributed by atoms with E-state index in [9.17, 15) is 13.2 Å². The van der Waals surface area contributed by atoms with Gasteiger partial charge in [0.05, 0.1) is 6.54 Å². The number of nitrogens with one attached hydrogen (secondary N) is 1. The highest BCUT2D eigenvalue weighted by atomic mass is 79.9. The van der Waals surface area contributed by atoms with Crippen molar-refractivity contribution < 1.29 is 18.0 Å². The van der Waals surface area contributed by atoms with Gasteiger partial charge in [0, 0.05) is 28.5 Å². The van der Waals surface area contributed by atoms with Gasteiger partial charge < -0.3 is 9.36 Å². The van der Waals surface area contributed by atoms with E-state index in [0.717, 1.165) is 5.69 Å². The lowest BCUT2D eigenvalue weighted by Gasteiger charge is -2.39. The third-order valence-corrected chi connectivity index (χ3v) is 4.20. The highest BCUT2D eigenvalue weighted by molar-refractivity contribution is 9.10. The van der Waals surface area contributed by atoms with Gasteiger partial charge in [0.1, 0.15) is 18.1 Å². The Hall–Kier alpha value is -1.60. The van der Waals surface area contributed by atoms with Gasteiger partial charge >= 0.3 is 0 Å². The molecule has 1 aliphatic heterocycles. The summed E-state index contributed by atoms with van der Waals surface area (Å²) in [5, 5.41) is 2.83. The van der Waals surface area contributed by atoms with Crippen LogP contribution in [0.1, 0.15) is 11.3 Å². The maximum atomic E-state index is 14.1. The minimum atomic E-state index is -2.72. The summed E-state index contributed by atoms with van der Waals surface area (Å²) in [6, 6.07) is 7.79. The lowest BCUT2D eigenvalue weighted by Crippen LogP contribution is -2.54. The first kappa shape index (κ1) is 16.8. The van der Waals surface area contributed by atoms with Crippen molar-refractivity contribution in [2.45, 2.75) is 25.1 Å². The van der Waals surface area contributed by atoms with Crippen LogP contribution >= 0.6 is 15.9 Å². The second-order valence-electron chi connectivity index (χ2n) is 4.88. The summed E-state index contributed by atoms with van der Waals surface area (Å²) in [6.07, 6.45) is -0.981. The molecule has 0 saturated carbocycles. The van der Waals surface area contributed by atoms with Crippen LogP contribution in [0.5, 0.6) is 0 Å². The fraction of sp³-hybridized carbons (Fsp3) is 0.267. The number of halogens is 4. The van der Waals surface area contributed by atoms with Crippen LogP contribution in [0, 0.1) is 5.82 Å². The number of carbonyl (C=O) groups excluding carboxylic acids is 1. The van der Waals surface area contributed by atoms with Crippen LogP contribution in [0.25, 0.3) is 0 Å². The van der Waals surface area contributed by atoms with E-state index in [1.54, 1.807) is 16.8 Å². The zero-order valence-corrected chi connectivity index (χ0v) is 13.1. The molecular weight excluding hydrogens is 361 g/mol. The summed E-state index contributed by atoms with van der Waals surface area (Å²) in [5.41, 5.74) is -0.808. The zero-order valence-electron chi connectivity index (χ0n) is 11.5. The molecule has 0 aliphatic carbocycles. The molecule has 2 heterocycles. The Kier molecular flexibility index (Phi) is 5.08. The summed E-state index contributed by atoms with van der Waals surface area (Å²) in [4.78, 5) is 8.00. The molecule has 0 bridgehead atoms. The maximum absolute atomic E-state index is 14.1. The van der Waals surface area contributed by atoms with Crippen molar-refractivity contribution in [1.82, 2.24) is 9.88 Å². The zero-order chi connectivity index (χ0) is 16.3. The lowest BCUT2D eigenvalue weighted by molar-refractivity contribution is -0.0979. The first-order valence-electron chi connectivity index (χ1n) is 6.44. The predicted octanol–water partition coefficient (Wildman–Crippen LogP) is 3.47. The molecule has 1 atom stereocenters. The smallest absolute Gasteiger partial charge is 0.262 e. The average molecular weight is 375 g/mol. The molecule has 0 spiro atoms. The van der Waals surface area contributed by atoms with Gasteiger partial charge in [-0.25, -0.2) is 13.2 Å². The van der Waals surface area contributed by atoms with E-state index in [2.05, 4.69) is 21.2 Å². The standard InChI is InChI=1S/C14H12BrF3N2.CH2O/c15-9-3-4-12(16)11(6-9)14(13(17)18)8-20-5-1-2-10(20)7-19-14;1-2/h1-6,13,19H,7-8H2;1H2. The summed E-state index contributed by atoms with van der Waals surface area (Å²) >= 11 is 3.21. The first-order chi connectivity index (χ1) is 10.5. The van der Waals surface area contributed by atoms with Crippen LogP contribution < -0.4 is 5.32 Å². The van der Waals surface area contributed by atoms with Gasteiger partial charge in [0.2, 0.25) is 0 Å². The van der Waals surface area contributed by atoms with Crippen molar-refractivity contribution in [3.63, 3.8) is 0 Å². The van der Waals surface area contributed by atoms with Crippen molar-refractivity contribution >= 4 is 22.7 Å².